The summed E-state index contributed by atoms with van der Waals surface area (Å²) >= 11 is 11.6. The van der Waals surface area contributed by atoms with E-state index in [0.717, 1.165) is 0 Å². The molecule has 100 valence electrons. The largest absolute Gasteiger partial charge is 0.489 e. The predicted octanol–water partition coefficient (Wildman–Crippen LogP) is 2.75. The van der Waals surface area contributed by atoms with Gasteiger partial charge in [-0.1, -0.05) is 35.3 Å². The lowest BCUT2D eigenvalue weighted by atomic mass is 10.2. The molecule has 2 rings (SSSR count). The third-order valence-corrected chi connectivity index (χ3v) is 3.22. The molecule has 0 atom stereocenters. The minimum absolute atomic E-state index is 0.0194. The van der Waals surface area contributed by atoms with Gasteiger partial charge in [-0.15, -0.1) is 0 Å². The van der Waals surface area contributed by atoms with E-state index in [4.69, 9.17) is 27.9 Å². The molecule has 0 saturated carbocycles. The molecule has 0 radical (unpaired) electrons. The quantitative estimate of drug-likeness (QED) is 0.819. The molecule has 1 heterocycles. The van der Waals surface area contributed by atoms with Gasteiger partial charge in [0.2, 0.25) is 5.75 Å². The Balaban J connectivity index is 2.45. The van der Waals surface area contributed by atoms with Crippen molar-refractivity contribution in [3.8, 4) is 5.75 Å². The van der Waals surface area contributed by atoms with Crippen LogP contribution in [-0.2, 0) is 6.54 Å². The van der Waals surface area contributed by atoms with Crippen molar-refractivity contribution in [2.45, 2.75) is 6.54 Å². The van der Waals surface area contributed by atoms with Gasteiger partial charge in [0.1, 0.15) is 5.82 Å². The van der Waals surface area contributed by atoms with Crippen LogP contribution in [0.15, 0.2) is 29.3 Å². The maximum atomic E-state index is 13.3. The normalized spacial score (nSPS) is 10.5. The standard InChI is InChI=1S/C12H9Cl2FN2O2/c1-19-10-11(14)16-6-17(12(10)18)5-7-3-2-4-8(15)9(7)13/h2-4,6H,5H2,1H3. The molecule has 0 fully saturated rings. The van der Waals surface area contributed by atoms with Crippen LogP contribution in [0, 0.1) is 5.82 Å². The van der Waals surface area contributed by atoms with Crippen LogP contribution < -0.4 is 10.3 Å². The van der Waals surface area contributed by atoms with E-state index in [1.54, 1.807) is 6.07 Å². The zero-order valence-corrected chi connectivity index (χ0v) is 11.4. The summed E-state index contributed by atoms with van der Waals surface area (Å²) in [7, 11) is 1.32. The van der Waals surface area contributed by atoms with Crippen LogP contribution in [0.2, 0.25) is 10.2 Å². The molecule has 0 amide bonds. The van der Waals surface area contributed by atoms with Crippen molar-refractivity contribution in [2.24, 2.45) is 0 Å². The van der Waals surface area contributed by atoms with Crippen LogP contribution in [0.5, 0.6) is 5.75 Å². The van der Waals surface area contributed by atoms with E-state index in [0.29, 0.717) is 5.56 Å². The third kappa shape index (κ3) is 2.72. The Morgan fingerprint density at radius 2 is 2.16 bits per heavy atom. The van der Waals surface area contributed by atoms with Crippen molar-refractivity contribution in [3.05, 3.63) is 56.4 Å². The number of ether oxygens (including phenoxy) is 1. The predicted molar refractivity (Wildman–Crippen MR) is 70.6 cm³/mol. The second-order valence-corrected chi connectivity index (χ2v) is 4.45. The number of benzene rings is 1. The topological polar surface area (TPSA) is 44.1 Å². The van der Waals surface area contributed by atoms with E-state index in [1.165, 1.54) is 30.1 Å². The van der Waals surface area contributed by atoms with Crippen molar-refractivity contribution in [1.82, 2.24) is 9.55 Å². The summed E-state index contributed by atoms with van der Waals surface area (Å²) < 4.78 is 19.4. The first kappa shape index (κ1) is 13.8. The Morgan fingerprint density at radius 3 is 2.84 bits per heavy atom. The average molecular weight is 303 g/mol. The SMILES string of the molecule is COc1c(Cl)ncn(Cc2cccc(F)c2Cl)c1=O. The first-order chi connectivity index (χ1) is 9.04. The van der Waals surface area contributed by atoms with Crippen molar-refractivity contribution in [2.75, 3.05) is 7.11 Å². The molecule has 1 aromatic heterocycles. The van der Waals surface area contributed by atoms with E-state index in [9.17, 15) is 9.18 Å². The zero-order valence-electron chi connectivity index (χ0n) is 9.86. The number of nitrogens with zero attached hydrogens (tertiary/aromatic N) is 2. The number of hydrogen-bond donors (Lipinski definition) is 0. The first-order valence-corrected chi connectivity index (χ1v) is 6.02. The van der Waals surface area contributed by atoms with Crippen molar-refractivity contribution in [3.63, 3.8) is 0 Å². The van der Waals surface area contributed by atoms with Crippen molar-refractivity contribution < 1.29 is 9.13 Å². The van der Waals surface area contributed by atoms with E-state index < -0.39 is 11.4 Å². The lowest BCUT2D eigenvalue weighted by molar-refractivity contribution is 0.401. The molecule has 0 aliphatic heterocycles. The second kappa shape index (κ2) is 5.59. The fraction of sp³-hybridized carbons (Fsp3) is 0.167. The summed E-state index contributed by atoms with van der Waals surface area (Å²) in [6.07, 6.45) is 1.26. The van der Waals surface area contributed by atoms with Crippen LogP contribution >= 0.6 is 23.2 Å². The van der Waals surface area contributed by atoms with Gasteiger partial charge in [-0.05, 0) is 11.6 Å². The van der Waals surface area contributed by atoms with Gasteiger partial charge in [-0.2, -0.15) is 0 Å². The van der Waals surface area contributed by atoms with Gasteiger partial charge in [0.25, 0.3) is 5.56 Å². The molecule has 4 nitrogen and oxygen atoms in total. The average Bonchev–Trinajstić information content (AvgIpc) is 2.39. The lowest BCUT2D eigenvalue weighted by Crippen LogP contribution is -2.22. The van der Waals surface area contributed by atoms with Crippen LogP contribution in [0.1, 0.15) is 5.56 Å². The van der Waals surface area contributed by atoms with Gasteiger partial charge in [-0.25, -0.2) is 9.37 Å². The molecule has 7 heteroatoms. The lowest BCUT2D eigenvalue weighted by Gasteiger charge is -2.09. The van der Waals surface area contributed by atoms with E-state index in [-0.39, 0.29) is 22.5 Å². The minimum atomic E-state index is -0.541. The molecule has 0 bridgehead atoms. The van der Waals surface area contributed by atoms with Crippen LogP contribution in [0.3, 0.4) is 0 Å². The summed E-state index contributed by atoms with van der Waals surface area (Å²) in [5.41, 5.74) is 0.0118. The first-order valence-electron chi connectivity index (χ1n) is 5.26. The van der Waals surface area contributed by atoms with E-state index >= 15 is 0 Å². The van der Waals surface area contributed by atoms with Crippen LogP contribution in [0.25, 0.3) is 0 Å². The summed E-state index contributed by atoms with van der Waals surface area (Å²) in [5, 5.41) is -0.0441. The fourth-order valence-electron chi connectivity index (χ4n) is 1.59. The van der Waals surface area contributed by atoms with Gasteiger partial charge in [0.05, 0.1) is 25.0 Å². The maximum Gasteiger partial charge on any atom is 0.297 e. The van der Waals surface area contributed by atoms with Crippen LogP contribution in [0.4, 0.5) is 4.39 Å². The fourth-order valence-corrected chi connectivity index (χ4v) is 1.98. The molecule has 0 N–H and O–H groups in total. The maximum absolute atomic E-state index is 13.3. The zero-order chi connectivity index (χ0) is 14.0. The Labute approximate surface area is 118 Å². The Bertz CT molecular complexity index is 673. The molecule has 0 spiro atoms. The Kier molecular flexibility index (Phi) is 4.07. The van der Waals surface area contributed by atoms with Gasteiger partial charge >= 0.3 is 0 Å². The number of aromatic nitrogens is 2. The highest BCUT2D eigenvalue weighted by atomic mass is 35.5. The molecule has 19 heavy (non-hydrogen) atoms. The van der Waals surface area contributed by atoms with Gasteiger partial charge in [-0.3, -0.25) is 9.36 Å². The molecule has 1 aromatic carbocycles. The highest BCUT2D eigenvalue weighted by molar-refractivity contribution is 6.31. The van der Waals surface area contributed by atoms with Crippen molar-refractivity contribution >= 4 is 23.2 Å². The number of halogens is 3. The summed E-state index contributed by atoms with van der Waals surface area (Å²) in [6.45, 7) is 0.0793. The Hall–Kier alpha value is -1.59. The molecule has 0 unspecified atom stereocenters. The highest BCUT2D eigenvalue weighted by Gasteiger charge is 2.12. The molecular formula is C12H9Cl2FN2O2. The van der Waals surface area contributed by atoms with Gasteiger partial charge < -0.3 is 4.74 Å². The molecule has 0 aliphatic carbocycles. The number of rotatable bonds is 3. The molecule has 0 aliphatic rings. The Morgan fingerprint density at radius 1 is 1.42 bits per heavy atom. The number of hydrogen-bond acceptors (Lipinski definition) is 3. The van der Waals surface area contributed by atoms with Gasteiger partial charge in [0, 0.05) is 0 Å². The van der Waals surface area contributed by atoms with E-state index in [1.807, 2.05) is 0 Å². The van der Waals surface area contributed by atoms with Crippen molar-refractivity contribution in [1.29, 1.82) is 0 Å². The summed E-state index contributed by atoms with van der Waals surface area (Å²) in [5.74, 6) is -0.599. The van der Waals surface area contributed by atoms with Crippen LogP contribution in [-0.4, -0.2) is 16.7 Å². The second-order valence-electron chi connectivity index (χ2n) is 3.71. The molecular weight excluding hydrogens is 294 g/mol. The highest BCUT2D eigenvalue weighted by Crippen LogP contribution is 2.21. The third-order valence-electron chi connectivity index (χ3n) is 2.53. The summed E-state index contributed by atoms with van der Waals surface area (Å²) in [6, 6.07) is 4.39. The monoisotopic (exact) mass is 302 g/mol. The molecule has 2 aromatic rings. The smallest absolute Gasteiger partial charge is 0.297 e. The number of methoxy groups -OCH3 is 1. The van der Waals surface area contributed by atoms with E-state index in [2.05, 4.69) is 4.98 Å². The minimum Gasteiger partial charge on any atom is -0.489 e. The molecule has 0 saturated heterocycles. The summed E-state index contributed by atoms with van der Waals surface area (Å²) in [4.78, 5) is 15.8. The van der Waals surface area contributed by atoms with Gasteiger partial charge in [0.15, 0.2) is 5.15 Å².